The van der Waals surface area contributed by atoms with E-state index in [0.29, 0.717) is 30.6 Å². The van der Waals surface area contributed by atoms with Crippen molar-refractivity contribution in [2.45, 2.75) is 58.3 Å². The third kappa shape index (κ3) is 7.81. The molecule has 0 aliphatic carbocycles. The highest BCUT2D eigenvalue weighted by molar-refractivity contribution is 5.75. The summed E-state index contributed by atoms with van der Waals surface area (Å²) in [5.74, 6) is 1.58. The first-order valence-electron chi connectivity index (χ1n) is 12.1. The van der Waals surface area contributed by atoms with E-state index >= 15 is 0 Å². The van der Waals surface area contributed by atoms with E-state index in [0.717, 1.165) is 44.6 Å². The number of hydrogen-bond donors (Lipinski definition) is 0. The number of carbonyl (C=O) groups excluding carboxylic acids is 1. The van der Waals surface area contributed by atoms with Crippen LogP contribution in [0.1, 0.15) is 74.5 Å². The zero-order chi connectivity index (χ0) is 23.6. The Bertz CT molecular complexity index is 859. The molecule has 0 saturated carbocycles. The zero-order valence-corrected chi connectivity index (χ0v) is 20.1. The Morgan fingerprint density at radius 1 is 1.21 bits per heavy atom. The van der Waals surface area contributed by atoms with Crippen LogP contribution in [0.3, 0.4) is 0 Å². The van der Waals surface area contributed by atoms with Crippen molar-refractivity contribution in [3.63, 3.8) is 0 Å². The number of aromatic nitrogens is 2. The van der Waals surface area contributed by atoms with Crippen molar-refractivity contribution >= 4 is 12.3 Å². The highest BCUT2D eigenvalue weighted by atomic mass is 19.1. The molecule has 0 spiro atoms. The molecule has 2 fully saturated rings. The normalized spacial score (nSPS) is 17.2. The Morgan fingerprint density at radius 2 is 1.94 bits per heavy atom. The van der Waals surface area contributed by atoms with Gasteiger partial charge in [-0.1, -0.05) is 19.0 Å². The number of aldehydes is 1. The Labute approximate surface area is 196 Å². The highest BCUT2D eigenvalue weighted by Gasteiger charge is 2.23. The van der Waals surface area contributed by atoms with E-state index in [9.17, 15) is 9.18 Å². The van der Waals surface area contributed by atoms with Crippen LogP contribution in [0.4, 0.5) is 10.4 Å². The first-order chi connectivity index (χ1) is 16.0. The molecule has 33 heavy (non-hydrogen) atoms. The number of halogens is 1. The maximum Gasteiger partial charge on any atom is 0.324 e. The van der Waals surface area contributed by atoms with Crippen molar-refractivity contribution in [2.24, 2.45) is 5.92 Å². The Kier molecular flexibility index (Phi) is 9.66. The van der Waals surface area contributed by atoms with Gasteiger partial charge in [-0.05, 0) is 76.7 Å². The number of ether oxygens (including phenoxy) is 1. The van der Waals surface area contributed by atoms with E-state index in [1.54, 1.807) is 6.07 Å². The number of likely N-dealkylation sites (tertiary alicyclic amines) is 1. The summed E-state index contributed by atoms with van der Waals surface area (Å²) in [6, 6.07) is 4.95. The second kappa shape index (κ2) is 12.7. The largest absolute Gasteiger partial charge is 0.493 e. The molecular formula is C25H37FN4O3. The lowest BCUT2D eigenvalue weighted by atomic mass is 9.92. The summed E-state index contributed by atoms with van der Waals surface area (Å²) >= 11 is 0. The number of rotatable bonds is 8. The van der Waals surface area contributed by atoms with Crippen LogP contribution in [0.25, 0.3) is 0 Å². The maximum atomic E-state index is 13.5. The van der Waals surface area contributed by atoms with Crippen LogP contribution in [-0.2, 0) is 0 Å². The third-order valence-electron chi connectivity index (χ3n) is 6.29. The zero-order valence-electron chi connectivity index (χ0n) is 20.1. The van der Waals surface area contributed by atoms with Crippen LogP contribution in [0.5, 0.6) is 5.75 Å². The first kappa shape index (κ1) is 25.1. The average molecular weight is 461 g/mol. The molecule has 1 aromatic heterocycles. The lowest BCUT2D eigenvalue weighted by Crippen LogP contribution is -2.34. The minimum absolute atomic E-state index is 0.0517. The van der Waals surface area contributed by atoms with Crippen LogP contribution in [0.15, 0.2) is 22.7 Å². The molecule has 2 aromatic rings. The van der Waals surface area contributed by atoms with Gasteiger partial charge in [-0.15, -0.1) is 0 Å². The number of hydrogen-bond acceptors (Lipinski definition) is 7. The Morgan fingerprint density at radius 3 is 2.48 bits per heavy atom. The van der Waals surface area contributed by atoms with E-state index < -0.39 is 5.82 Å². The quantitative estimate of drug-likeness (QED) is 0.408. The Balaban J connectivity index is 0.000000442. The van der Waals surface area contributed by atoms with Gasteiger partial charge in [-0.25, -0.2) is 4.39 Å². The van der Waals surface area contributed by atoms with Crippen molar-refractivity contribution in [1.82, 2.24) is 15.0 Å². The molecule has 4 rings (SSSR count). The van der Waals surface area contributed by atoms with E-state index in [1.165, 1.54) is 38.1 Å². The van der Waals surface area contributed by atoms with Crippen LogP contribution >= 0.6 is 0 Å². The van der Waals surface area contributed by atoms with Crippen molar-refractivity contribution in [2.75, 3.05) is 44.7 Å². The minimum atomic E-state index is -0.545. The van der Waals surface area contributed by atoms with Gasteiger partial charge in [0.05, 0.1) is 12.2 Å². The van der Waals surface area contributed by atoms with E-state index in [4.69, 9.17) is 9.26 Å². The van der Waals surface area contributed by atoms with Crippen LogP contribution < -0.4 is 9.64 Å². The van der Waals surface area contributed by atoms with Crippen molar-refractivity contribution in [3.8, 4) is 5.75 Å². The fourth-order valence-corrected chi connectivity index (χ4v) is 4.13. The van der Waals surface area contributed by atoms with E-state index in [1.807, 2.05) is 13.8 Å². The van der Waals surface area contributed by atoms with Crippen molar-refractivity contribution < 1.29 is 18.4 Å². The molecular weight excluding hydrogens is 423 g/mol. The Hall–Kier alpha value is -2.48. The summed E-state index contributed by atoms with van der Waals surface area (Å²) in [5, 5.41) is 4.03. The summed E-state index contributed by atoms with van der Waals surface area (Å²) in [7, 11) is 2.17. The lowest BCUT2D eigenvalue weighted by molar-refractivity contribution is 0.111. The first-order valence-corrected chi connectivity index (χ1v) is 12.1. The van der Waals surface area contributed by atoms with Gasteiger partial charge in [0.15, 0.2) is 12.1 Å². The molecule has 0 amide bonds. The monoisotopic (exact) mass is 460 g/mol. The predicted octanol–water partition coefficient (Wildman–Crippen LogP) is 4.93. The molecule has 8 heteroatoms. The summed E-state index contributed by atoms with van der Waals surface area (Å²) in [4.78, 5) is 19.6. The molecule has 1 aromatic carbocycles. The smallest absolute Gasteiger partial charge is 0.324 e. The average Bonchev–Trinajstić information content (AvgIpc) is 3.50. The fraction of sp³-hybridized carbons (Fsp3) is 0.640. The predicted molar refractivity (Wildman–Crippen MR) is 127 cm³/mol. The standard InChI is InChI=1S/C20H26FN3O3.C5H11N/c1-14(2)19-22-20(27-23-19)24-9-7-15(8-10-24)4-3-11-26-17-6-5-16(13-25)18(21)12-17;1-6-4-2-3-5-6/h5-6,12-15H,3-4,7-11H2,1-2H3;2-5H2,1H3. The molecule has 2 saturated heterocycles. The highest BCUT2D eigenvalue weighted by Crippen LogP contribution is 2.26. The molecule has 0 N–H and O–H groups in total. The summed E-state index contributed by atoms with van der Waals surface area (Å²) in [5.41, 5.74) is 0.0517. The van der Waals surface area contributed by atoms with Gasteiger partial charge in [-0.2, -0.15) is 4.98 Å². The summed E-state index contributed by atoms with van der Waals surface area (Å²) < 4.78 is 24.5. The number of carbonyl (C=O) groups is 1. The van der Waals surface area contributed by atoms with Gasteiger partial charge >= 0.3 is 6.01 Å². The van der Waals surface area contributed by atoms with Crippen molar-refractivity contribution in [3.05, 3.63) is 35.4 Å². The van der Waals surface area contributed by atoms with Gasteiger partial charge < -0.3 is 19.1 Å². The van der Waals surface area contributed by atoms with E-state index in [2.05, 4.69) is 27.0 Å². The van der Waals surface area contributed by atoms with E-state index in [-0.39, 0.29) is 11.5 Å². The molecule has 2 aliphatic heterocycles. The molecule has 0 radical (unpaired) electrons. The van der Waals surface area contributed by atoms with Crippen LogP contribution in [0, 0.1) is 11.7 Å². The molecule has 3 heterocycles. The second-order valence-electron chi connectivity index (χ2n) is 9.32. The van der Waals surface area contributed by atoms with Gasteiger partial charge in [-0.3, -0.25) is 4.79 Å². The van der Waals surface area contributed by atoms with Crippen molar-refractivity contribution in [1.29, 1.82) is 0 Å². The fourth-order valence-electron chi connectivity index (χ4n) is 4.13. The topological polar surface area (TPSA) is 71.7 Å². The van der Waals surface area contributed by atoms with Gasteiger partial charge in [0.2, 0.25) is 0 Å². The van der Waals surface area contributed by atoms with Crippen LogP contribution in [0.2, 0.25) is 0 Å². The third-order valence-corrected chi connectivity index (χ3v) is 6.29. The minimum Gasteiger partial charge on any atom is -0.493 e. The summed E-state index contributed by atoms with van der Waals surface area (Å²) in [6.45, 7) is 9.12. The molecule has 2 aliphatic rings. The number of nitrogens with zero attached hydrogens (tertiary/aromatic N) is 4. The molecule has 7 nitrogen and oxygen atoms in total. The lowest BCUT2D eigenvalue weighted by Gasteiger charge is -2.30. The molecule has 0 unspecified atom stereocenters. The number of piperidine rings is 1. The summed E-state index contributed by atoms with van der Waals surface area (Å²) in [6.07, 6.45) is 7.49. The number of anilines is 1. The molecule has 0 atom stereocenters. The maximum absolute atomic E-state index is 13.5. The molecule has 0 bridgehead atoms. The number of benzene rings is 1. The van der Waals surface area contributed by atoms with Gasteiger partial charge in [0.25, 0.3) is 0 Å². The molecule has 182 valence electrons. The SMILES string of the molecule is CC(C)c1noc(N2CCC(CCCOc3ccc(C=O)c(F)c3)CC2)n1.CN1CCCC1. The van der Waals surface area contributed by atoms with Gasteiger partial charge in [0.1, 0.15) is 11.6 Å². The second-order valence-corrected chi connectivity index (χ2v) is 9.32. The van der Waals surface area contributed by atoms with Crippen LogP contribution in [-0.4, -0.2) is 61.2 Å². The van der Waals surface area contributed by atoms with Gasteiger partial charge in [0, 0.05) is 25.1 Å².